The van der Waals surface area contributed by atoms with Gasteiger partial charge in [-0.1, -0.05) is 11.6 Å². The summed E-state index contributed by atoms with van der Waals surface area (Å²) in [5.74, 6) is 1.01. The number of nitrogens with zero attached hydrogens (tertiary/aromatic N) is 2. The minimum absolute atomic E-state index is 0.160. The van der Waals surface area contributed by atoms with Gasteiger partial charge in [0.1, 0.15) is 5.56 Å². The first-order valence-electron chi connectivity index (χ1n) is 6.46. The molecule has 1 aromatic carbocycles. The lowest BCUT2D eigenvalue weighted by atomic mass is 9.97. The van der Waals surface area contributed by atoms with Crippen LogP contribution in [0, 0.1) is 12.8 Å². The molecular formula is C15H19ClN2O. The summed E-state index contributed by atoms with van der Waals surface area (Å²) >= 11 is 5.85. The number of halogens is 1. The van der Waals surface area contributed by atoms with Crippen LogP contribution in [-0.2, 0) is 4.79 Å². The van der Waals surface area contributed by atoms with Crippen LogP contribution < -0.4 is 0 Å². The zero-order valence-corrected chi connectivity index (χ0v) is 12.0. The largest absolute Gasteiger partial charge is 0.339 e. The molecule has 1 saturated heterocycles. The Morgan fingerprint density at radius 3 is 2.42 bits per heavy atom. The number of carbonyl (C=O) groups is 1. The lowest BCUT2D eigenvalue weighted by Crippen LogP contribution is -2.47. The van der Waals surface area contributed by atoms with Gasteiger partial charge < -0.3 is 9.80 Å². The highest BCUT2D eigenvalue weighted by atomic mass is 35.5. The van der Waals surface area contributed by atoms with Crippen LogP contribution in [0.1, 0.15) is 12.0 Å². The molecule has 0 radical (unpaired) electrons. The van der Waals surface area contributed by atoms with Crippen LogP contribution in [0.5, 0.6) is 0 Å². The minimum Gasteiger partial charge on any atom is -0.339 e. The van der Waals surface area contributed by atoms with Crippen molar-refractivity contribution in [3.8, 4) is 0 Å². The molecule has 1 aliphatic rings. The summed E-state index contributed by atoms with van der Waals surface area (Å²) in [4.78, 5) is 16.3. The highest BCUT2D eigenvalue weighted by molar-refractivity contribution is 6.30. The summed E-state index contributed by atoms with van der Waals surface area (Å²) < 4.78 is 0. The lowest BCUT2D eigenvalue weighted by molar-refractivity contribution is -0.132. The van der Waals surface area contributed by atoms with E-state index in [1.807, 2.05) is 29.2 Å². The van der Waals surface area contributed by atoms with Crippen LogP contribution in [0.2, 0.25) is 5.02 Å². The van der Waals surface area contributed by atoms with E-state index < -0.39 is 0 Å². The van der Waals surface area contributed by atoms with Crippen LogP contribution in [0.3, 0.4) is 0 Å². The summed E-state index contributed by atoms with van der Waals surface area (Å²) in [6, 6.07) is 7.45. The third kappa shape index (κ3) is 3.88. The van der Waals surface area contributed by atoms with Crippen LogP contribution in [0.4, 0.5) is 0 Å². The summed E-state index contributed by atoms with van der Waals surface area (Å²) in [6.45, 7) is 7.51. The van der Waals surface area contributed by atoms with Gasteiger partial charge in [0.05, 0.1) is 11.4 Å². The fourth-order valence-electron chi connectivity index (χ4n) is 2.14. The number of amides is 1. The van der Waals surface area contributed by atoms with Crippen molar-refractivity contribution in [3.63, 3.8) is 0 Å². The number of piperazine rings is 1. The van der Waals surface area contributed by atoms with Crippen molar-refractivity contribution in [2.75, 3.05) is 33.2 Å². The normalized spacial score (nSPS) is 16.5. The number of benzene rings is 1. The zero-order valence-electron chi connectivity index (χ0n) is 11.2. The van der Waals surface area contributed by atoms with Gasteiger partial charge in [0.25, 0.3) is 0 Å². The molecule has 0 unspecified atom stereocenters. The quantitative estimate of drug-likeness (QED) is 0.792. The van der Waals surface area contributed by atoms with Crippen LogP contribution in [-0.4, -0.2) is 48.9 Å². The van der Waals surface area contributed by atoms with Gasteiger partial charge in [0.15, 0.2) is 0 Å². The maximum absolute atomic E-state index is 12.2. The molecule has 102 valence electrons. The highest BCUT2D eigenvalue weighted by Crippen LogP contribution is 2.21. The van der Waals surface area contributed by atoms with E-state index in [0.29, 0.717) is 11.4 Å². The Kier molecular flexibility index (Phi) is 4.72. The Hall–Kier alpha value is -1.19. The molecule has 1 heterocycles. The van der Waals surface area contributed by atoms with Gasteiger partial charge in [-0.25, -0.2) is 0 Å². The van der Waals surface area contributed by atoms with Gasteiger partial charge in [0.2, 0.25) is 5.91 Å². The number of hydrogen-bond acceptors (Lipinski definition) is 2. The molecule has 0 bridgehead atoms. The third-order valence-electron chi connectivity index (χ3n) is 3.47. The Balaban J connectivity index is 1.89. The number of hydrogen-bond donors (Lipinski definition) is 0. The molecular weight excluding hydrogens is 260 g/mol. The fraction of sp³-hybridized carbons (Fsp3) is 0.400. The Labute approximate surface area is 120 Å². The standard InChI is InChI=1S/C15H19ClN2O/c1-12(13-3-5-14(16)6-4-13)11-15(19)18-9-7-17(2)8-10-18/h3-6H,1,7-11H2,2H3. The van der Waals surface area contributed by atoms with E-state index in [4.69, 9.17) is 11.6 Å². The summed E-state index contributed by atoms with van der Waals surface area (Å²) in [5, 5.41) is 0.696. The average molecular weight is 279 g/mol. The molecule has 0 spiro atoms. The molecule has 4 heteroatoms. The van der Waals surface area contributed by atoms with E-state index in [2.05, 4.69) is 18.9 Å². The van der Waals surface area contributed by atoms with Crippen molar-refractivity contribution >= 4 is 17.5 Å². The van der Waals surface area contributed by atoms with Gasteiger partial charge in [0, 0.05) is 50.4 Å². The van der Waals surface area contributed by atoms with Crippen molar-refractivity contribution in [2.45, 2.75) is 6.42 Å². The molecule has 0 atom stereocenters. The van der Waals surface area contributed by atoms with Gasteiger partial charge in [-0.05, 0) is 7.05 Å². The smallest absolute Gasteiger partial charge is 0.236 e. The first-order valence-corrected chi connectivity index (χ1v) is 6.84. The van der Waals surface area contributed by atoms with Crippen molar-refractivity contribution in [2.24, 2.45) is 0 Å². The van der Waals surface area contributed by atoms with Crippen molar-refractivity contribution < 1.29 is 4.79 Å². The van der Waals surface area contributed by atoms with E-state index in [1.54, 1.807) is 0 Å². The summed E-state index contributed by atoms with van der Waals surface area (Å²) in [7, 11) is 2.08. The summed E-state index contributed by atoms with van der Waals surface area (Å²) in [6.07, 6.45) is 0.380. The Morgan fingerprint density at radius 2 is 1.84 bits per heavy atom. The van der Waals surface area contributed by atoms with Gasteiger partial charge in [-0.3, -0.25) is 11.7 Å². The SMILES string of the molecule is [CH2-][C+](CC(=O)N1CCN(C)CC1)c1ccc(Cl)cc1. The fourth-order valence-corrected chi connectivity index (χ4v) is 2.26. The highest BCUT2D eigenvalue weighted by Gasteiger charge is 2.21. The molecule has 1 fully saturated rings. The number of rotatable bonds is 3. The predicted octanol–water partition coefficient (Wildman–Crippen LogP) is 2.26. The minimum atomic E-state index is 0.160. The Morgan fingerprint density at radius 1 is 1.26 bits per heavy atom. The molecule has 1 aromatic rings. The molecule has 3 nitrogen and oxygen atoms in total. The predicted molar refractivity (Wildman–Crippen MR) is 77.8 cm³/mol. The molecule has 19 heavy (non-hydrogen) atoms. The second-order valence-corrected chi connectivity index (χ2v) is 5.41. The van der Waals surface area contributed by atoms with Crippen molar-refractivity contribution in [1.29, 1.82) is 0 Å². The molecule has 1 amide bonds. The second kappa shape index (κ2) is 6.31. The molecule has 1 aliphatic heterocycles. The Bertz CT molecular complexity index is 424. The molecule has 0 saturated carbocycles. The van der Waals surface area contributed by atoms with Crippen LogP contribution >= 0.6 is 11.6 Å². The second-order valence-electron chi connectivity index (χ2n) is 4.97. The molecule has 0 aliphatic carbocycles. The van der Waals surface area contributed by atoms with Crippen molar-refractivity contribution in [1.82, 2.24) is 9.80 Å². The lowest BCUT2D eigenvalue weighted by Gasteiger charge is -2.33. The van der Waals surface area contributed by atoms with Gasteiger partial charge in [-0.2, -0.15) is 0 Å². The first kappa shape index (κ1) is 14.2. The van der Waals surface area contributed by atoms with Gasteiger partial charge >= 0.3 is 0 Å². The van der Waals surface area contributed by atoms with E-state index in [0.717, 1.165) is 37.7 Å². The van der Waals surface area contributed by atoms with E-state index in [1.165, 1.54) is 0 Å². The molecule has 0 aromatic heterocycles. The monoisotopic (exact) mass is 278 g/mol. The van der Waals surface area contributed by atoms with Crippen molar-refractivity contribution in [3.05, 3.63) is 47.7 Å². The van der Waals surface area contributed by atoms with E-state index in [9.17, 15) is 4.79 Å². The number of likely N-dealkylation sites (N-methyl/N-ethyl adjacent to an activating group) is 1. The molecule has 2 rings (SSSR count). The number of carbonyl (C=O) groups excluding carboxylic acids is 1. The van der Waals surface area contributed by atoms with Crippen LogP contribution in [0.15, 0.2) is 24.3 Å². The average Bonchev–Trinajstić information content (AvgIpc) is 2.40. The summed E-state index contributed by atoms with van der Waals surface area (Å²) in [5.41, 5.74) is 0.979. The molecule has 0 N–H and O–H groups in total. The van der Waals surface area contributed by atoms with Gasteiger partial charge in [-0.15, -0.1) is 5.92 Å². The van der Waals surface area contributed by atoms with E-state index >= 15 is 0 Å². The third-order valence-corrected chi connectivity index (χ3v) is 3.73. The van der Waals surface area contributed by atoms with Crippen LogP contribution in [0.25, 0.3) is 0 Å². The topological polar surface area (TPSA) is 23.6 Å². The zero-order chi connectivity index (χ0) is 13.8. The first-order chi connectivity index (χ1) is 9.06. The maximum atomic E-state index is 12.2. The van der Waals surface area contributed by atoms with E-state index in [-0.39, 0.29) is 5.91 Å². The maximum Gasteiger partial charge on any atom is 0.236 e.